The van der Waals surface area contributed by atoms with Crippen molar-refractivity contribution in [3.63, 3.8) is 0 Å². The number of hydrogen-bond donors (Lipinski definition) is 8. The summed E-state index contributed by atoms with van der Waals surface area (Å²) in [6.07, 6.45) is -9.29. The molecule has 0 saturated carbocycles. The van der Waals surface area contributed by atoms with Gasteiger partial charge in [0.15, 0.2) is 0 Å². The van der Waals surface area contributed by atoms with E-state index in [1.807, 2.05) is 121 Å². The van der Waals surface area contributed by atoms with E-state index >= 15 is 0 Å². The summed E-state index contributed by atoms with van der Waals surface area (Å²) in [5.41, 5.74) is 0.903. The molecule has 2 aliphatic heterocycles. The highest BCUT2D eigenvalue weighted by Gasteiger charge is 2.51. The van der Waals surface area contributed by atoms with Gasteiger partial charge >= 0.3 is 0 Å². The predicted molar refractivity (Wildman–Crippen MR) is 262 cm³/mol. The summed E-state index contributed by atoms with van der Waals surface area (Å²) in [4.78, 5) is 28.2. The Bertz CT molecular complexity index is 2330. The first-order valence-corrected chi connectivity index (χ1v) is 24.0. The molecule has 0 radical (unpaired) electrons. The van der Waals surface area contributed by atoms with E-state index in [2.05, 4.69) is 10.6 Å². The van der Waals surface area contributed by atoms with Crippen LogP contribution in [0.2, 0.25) is 0 Å². The van der Waals surface area contributed by atoms with Crippen LogP contribution in [-0.2, 0) is 35.9 Å². The first-order valence-electron chi connectivity index (χ1n) is 23.0. The number of amides is 2. The Labute approximate surface area is 414 Å². The van der Waals surface area contributed by atoms with Crippen LogP contribution in [0.25, 0.3) is 0 Å². The molecular weight excluding hydrogens is 933 g/mol. The van der Waals surface area contributed by atoms with E-state index in [4.69, 9.17) is 28.4 Å². The van der Waals surface area contributed by atoms with Gasteiger partial charge in [-0.15, -0.1) is 0 Å². The van der Waals surface area contributed by atoms with Gasteiger partial charge in [0.05, 0.1) is 25.3 Å². The van der Waals surface area contributed by atoms with Crippen LogP contribution in [0.5, 0.6) is 23.0 Å². The van der Waals surface area contributed by atoms with Gasteiger partial charge in [-0.1, -0.05) is 133 Å². The lowest BCUT2D eigenvalue weighted by atomic mass is 9.96. The Morgan fingerprint density at radius 2 is 0.718 bits per heavy atom. The minimum atomic E-state index is -1.69. The maximum Gasteiger partial charge on any atom is 0.251 e. The van der Waals surface area contributed by atoms with E-state index < -0.39 is 84.6 Å². The molecule has 372 valence electrons. The molecule has 6 aromatic carbocycles. The first kappa shape index (κ1) is 50.9. The van der Waals surface area contributed by atoms with Gasteiger partial charge in [-0.25, -0.2) is 0 Å². The molecule has 71 heavy (non-hydrogen) atoms. The van der Waals surface area contributed by atoms with Crippen molar-refractivity contribution in [1.29, 1.82) is 0 Å². The summed E-state index contributed by atoms with van der Waals surface area (Å²) in [6, 6.07) is 44.1. The summed E-state index contributed by atoms with van der Waals surface area (Å²) in [5.74, 6) is -0.212. The fourth-order valence-corrected chi connectivity index (χ4v) is 9.38. The lowest BCUT2D eigenvalue weighted by Gasteiger charge is -2.46. The quantitative estimate of drug-likeness (QED) is 0.0526. The molecule has 2 amide bonds. The number of ether oxygens (including phenoxy) is 6. The van der Waals surface area contributed by atoms with E-state index in [1.165, 1.54) is 24.3 Å². The van der Waals surface area contributed by atoms with Gasteiger partial charge in [0.25, 0.3) is 11.8 Å². The highest BCUT2D eigenvalue weighted by molar-refractivity contribution is 8.00. The number of hydrogen-bond acceptors (Lipinski definition) is 15. The Kier molecular flexibility index (Phi) is 17.6. The molecule has 0 aliphatic carbocycles. The van der Waals surface area contributed by atoms with Gasteiger partial charge in [-0.2, -0.15) is 0 Å². The zero-order valence-corrected chi connectivity index (χ0v) is 39.2. The van der Waals surface area contributed by atoms with Crippen LogP contribution in [-0.4, -0.2) is 115 Å². The molecule has 8 N–H and O–H groups in total. The van der Waals surface area contributed by atoms with Gasteiger partial charge in [0, 0.05) is 23.3 Å². The molecule has 2 fully saturated rings. The third-order valence-electron chi connectivity index (χ3n) is 11.9. The van der Waals surface area contributed by atoms with Gasteiger partial charge in [0.1, 0.15) is 96.9 Å². The van der Waals surface area contributed by atoms with Crippen molar-refractivity contribution in [2.45, 2.75) is 86.0 Å². The van der Waals surface area contributed by atoms with Crippen LogP contribution >= 0.6 is 11.8 Å². The molecular formula is C54H56N2O14S. The molecule has 2 heterocycles. The molecule has 0 aromatic heterocycles. The number of nitrogens with one attached hydrogen (secondary N) is 2. The second kappa shape index (κ2) is 24.6. The van der Waals surface area contributed by atoms with Gasteiger partial charge < -0.3 is 69.7 Å². The fourth-order valence-electron chi connectivity index (χ4n) is 8.04. The summed E-state index contributed by atoms with van der Waals surface area (Å²) >= 11 is 0.710. The fraction of sp³-hybridized carbons (Fsp3) is 0.296. The molecule has 2 saturated heterocycles. The predicted octanol–water partition coefficient (Wildman–Crippen LogP) is 4.51. The number of benzene rings is 6. The Hall–Kier alpha value is -6.51. The topological polar surface area (TPSA) is 235 Å². The number of aliphatic hydroxyl groups is 6. The lowest BCUT2D eigenvalue weighted by molar-refractivity contribution is -0.175. The highest BCUT2D eigenvalue weighted by atomic mass is 32.2. The van der Waals surface area contributed by atoms with Gasteiger partial charge in [-0.05, 0) is 46.5 Å². The standard InChI is InChI=1S/C54H56N2O14S/c57-27-43-47(59)45(55-51(63)37-21-39(65-29-33-13-5-1-6-14-33)25-40(22-37)66-30-34-15-7-2-8-16-34)49(61)53(69-43)71-54-50(62)46(48(60)44(28-58)70-54)56-52(64)38-23-41(67-31-35-17-9-3-10-18-35)26-42(24-38)68-32-36-19-11-4-12-20-36/h1-26,43-50,53-54,57-62H,27-32H2,(H,55,63)(H,56,64)/t43-,44+,45-,46?,47-,48-,49+,50?,53?,54?/m0/s1. The zero-order valence-electron chi connectivity index (χ0n) is 38.4. The normalized spacial score (nSPS) is 24.0. The molecule has 4 unspecified atom stereocenters. The van der Waals surface area contributed by atoms with Crippen molar-refractivity contribution in [1.82, 2.24) is 10.6 Å². The van der Waals surface area contributed by atoms with Crippen LogP contribution in [0.4, 0.5) is 0 Å². The van der Waals surface area contributed by atoms with Crippen molar-refractivity contribution < 1.29 is 68.6 Å². The lowest BCUT2D eigenvalue weighted by Crippen LogP contribution is -2.66. The van der Waals surface area contributed by atoms with Crippen molar-refractivity contribution in [3.8, 4) is 23.0 Å². The van der Waals surface area contributed by atoms with Crippen molar-refractivity contribution in [2.75, 3.05) is 13.2 Å². The second-order valence-electron chi connectivity index (χ2n) is 17.0. The summed E-state index contributed by atoms with van der Waals surface area (Å²) in [6.45, 7) is -0.700. The molecule has 0 bridgehead atoms. The number of thioether (sulfide) groups is 1. The summed E-state index contributed by atoms with van der Waals surface area (Å²) in [7, 11) is 0. The Morgan fingerprint density at radius 1 is 0.437 bits per heavy atom. The molecule has 6 aromatic rings. The van der Waals surface area contributed by atoms with Crippen LogP contribution in [0, 0.1) is 0 Å². The monoisotopic (exact) mass is 988 g/mol. The molecule has 2 aliphatic rings. The van der Waals surface area contributed by atoms with E-state index in [0.717, 1.165) is 22.3 Å². The van der Waals surface area contributed by atoms with Crippen LogP contribution < -0.4 is 29.6 Å². The van der Waals surface area contributed by atoms with Gasteiger partial charge in [0.2, 0.25) is 0 Å². The van der Waals surface area contributed by atoms with E-state index in [1.54, 1.807) is 12.1 Å². The molecule has 8 rings (SSSR count). The number of aliphatic hydroxyl groups excluding tert-OH is 6. The highest BCUT2D eigenvalue weighted by Crippen LogP contribution is 2.37. The molecule has 17 heteroatoms. The SMILES string of the molecule is O=C(NC1C(O)C(SC2O[C@@H](CO)[C@H](O)[C@H](NC(=O)c3cc(OCc4ccccc4)cc(OCc4ccccc4)c3)[C@H]2O)O[C@H](CO)[C@@H]1O)c1cc(OCc2ccccc2)cc(OCc2ccccc2)c1. The molecule has 0 spiro atoms. The average Bonchev–Trinajstić information content (AvgIpc) is 3.41. The minimum absolute atomic E-state index is 0.0711. The zero-order chi connectivity index (χ0) is 49.7. The maximum absolute atomic E-state index is 14.1. The molecule has 10 atom stereocenters. The van der Waals surface area contributed by atoms with Crippen molar-refractivity contribution >= 4 is 23.6 Å². The first-order chi connectivity index (χ1) is 34.5. The minimum Gasteiger partial charge on any atom is -0.489 e. The summed E-state index contributed by atoms with van der Waals surface area (Å²) < 4.78 is 36.1. The van der Waals surface area contributed by atoms with Crippen LogP contribution in [0.3, 0.4) is 0 Å². The number of rotatable bonds is 20. The van der Waals surface area contributed by atoms with E-state index in [-0.39, 0.29) is 37.6 Å². The van der Waals surface area contributed by atoms with Crippen LogP contribution in [0.1, 0.15) is 43.0 Å². The molecule has 16 nitrogen and oxygen atoms in total. The second-order valence-corrected chi connectivity index (χ2v) is 18.2. The summed E-state index contributed by atoms with van der Waals surface area (Å²) in [5, 5.41) is 72.3. The van der Waals surface area contributed by atoms with Crippen molar-refractivity contribution in [3.05, 3.63) is 191 Å². The smallest absolute Gasteiger partial charge is 0.251 e. The third kappa shape index (κ3) is 13.5. The van der Waals surface area contributed by atoms with E-state index in [0.29, 0.717) is 34.8 Å². The maximum atomic E-state index is 14.1. The Morgan fingerprint density at radius 3 is 0.986 bits per heavy atom. The largest absolute Gasteiger partial charge is 0.489 e. The Balaban J connectivity index is 0.979. The average molecular weight is 989 g/mol. The van der Waals surface area contributed by atoms with Crippen LogP contribution in [0.15, 0.2) is 158 Å². The van der Waals surface area contributed by atoms with Gasteiger partial charge in [-0.3, -0.25) is 9.59 Å². The number of carbonyl (C=O) groups is 2. The van der Waals surface area contributed by atoms with Crippen molar-refractivity contribution in [2.24, 2.45) is 0 Å². The third-order valence-corrected chi connectivity index (χ3v) is 13.2. The number of carbonyl (C=O) groups excluding carboxylic acids is 2. The van der Waals surface area contributed by atoms with E-state index in [9.17, 15) is 40.2 Å².